The van der Waals surface area contributed by atoms with Gasteiger partial charge in [-0.3, -0.25) is 9.78 Å². The Kier molecular flexibility index (Phi) is 5.71. The Balaban J connectivity index is 1.48. The van der Waals surface area contributed by atoms with Gasteiger partial charge in [0.15, 0.2) is 5.82 Å². The van der Waals surface area contributed by atoms with Crippen molar-refractivity contribution >= 4 is 11.4 Å². The first-order valence-electron chi connectivity index (χ1n) is 12.0. The number of carbonyl (C=O) groups excluding carboxylic acids is 1. The fourth-order valence-electron chi connectivity index (χ4n) is 5.90. The number of carbonyl (C=O) groups is 1. The maximum absolute atomic E-state index is 12.9. The molecule has 7 heteroatoms. The smallest absolute Gasteiger partial charge is 0.202 e. The zero-order chi connectivity index (χ0) is 24.1. The number of terminal acetylenes is 1. The number of Topliss-reactive ketones (excluding diaryl/α,β-unsaturated/α-hetero) is 1. The van der Waals surface area contributed by atoms with Crippen LogP contribution in [0.4, 0.5) is 0 Å². The summed E-state index contributed by atoms with van der Waals surface area (Å²) in [5.74, 6) is 2.61. The number of pyridine rings is 1. The number of ketones is 1. The third-order valence-corrected chi connectivity index (χ3v) is 7.68. The number of imidazole rings is 1. The summed E-state index contributed by atoms with van der Waals surface area (Å²) in [5, 5.41) is 21.2. The van der Waals surface area contributed by atoms with E-state index in [1.165, 1.54) is 11.8 Å². The molecule has 2 bridgehead atoms. The summed E-state index contributed by atoms with van der Waals surface area (Å²) in [4.78, 5) is 25.0. The Hall–Kier alpha value is -2.79. The number of nitrogens with zero attached hydrogens (tertiary/aromatic N) is 2. The summed E-state index contributed by atoms with van der Waals surface area (Å²) in [5.41, 5.74) is 2.67. The van der Waals surface area contributed by atoms with Crippen LogP contribution in [0.3, 0.4) is 0 Å². The summed E-state index contributed by atoms with van der Waals surface area (Å²) in [6, 6.07) is 3.97. The molecule has 4 heterocycles. The molecule has 34 heavy (non-hydrogen) atoms. The number of aliphatic hydroxyl groups excluding tert-OH is 2. The number of hydrogen-bond acceptors (Lipinski definition) is 6. The highest BCUT2D eigenvalue weighted by Gasteiger charge is 2.62. The highest BCUT2D eigenvalue weighted by molar-refractivity contribution is 5.95. The number of aromatic amines is 1. The van der Waals surface area contributed by atoms with Gasteiger partial charge in [0.2, 0.25) is 5.78 Å². The van der Waals surface area contributed by atoms with Crippen molar-refractivity contribution in [2.45, 2.75) is 88.1 Å². The van der Waals surface area contributed by atoms with Crippen LogP contribution in [-0.4, -0.2) is 54.4 Å². The average Bonchev–Trinajstić information content (AvgIpc) is 3.36. The van der Waals surface area contributed by atoms with Crippen molar-refractivity contribution in [3.05, 3.63) is 52.9 Å². The van der Waals surface area contributed by atoms with E-state index in [1.54, 1.807) is 0 Å². The SMILES string of the molecule is C#Cc1cnc(C(=O)Cc2ccc(C3C[C@@]4(C)O[C@@](C)(C3)[C@H](O)[C@@H]4O)nc2C2=CCCCC2)[nH]1. The van der Waals surface area contributed by atoms with E-state index in [4.69, 9.17) is 16.1 Å². The second-order valence-corrected chi connectivity index (χ2v) is 10.3. The molecule has 7 nitrogen and oxygen atoms in total. The second kappa shape index (κ2) is 8.46. The zero-order valence-corrected chi connectivity index (χ0v) is 19.7. The fraction of sp³-hybridized carbons (Fsp3) is 0.519. The van der Waals surface area contributed by atoms with Crippen molar-refractivity contribution in [2.75, 3.05) is 0 Å². The minimum absolute atomic E-state index is 0.0338. The largest absolute Gasteiger partial charge is 0.387 e. The van der Waals surface area contributed by atoms with E-state index in [1.807, 2.05) is 26.0 Å². The van der Waals surface area contributed by atoms with Gasteiger partial charge < -0.3 is 19.9 Å². The standard InChI is InChI=1S/C27H31N3O4/c1-4-19-15-28-25(29-19)21(31)12-17-10-11-20(30-22(17)16-8-6-5-7-9-16)18-13-26(2)23(32)24(33)27(3,14-18)34-26/h1,8,10-11,15,18,23-24,32-33H,5-7,9,12-14H2,2-3H3,(H,28,29)/t18?,23-,24+,26+,27-. The molecule has 2 aromatic heterocycles. The highest BCUT2D eigenvalue weighted by atomic mass is 16.6. The normalized spacial score (nSPS) is 32.8. The van der Waals surface area contributed by atoms with Gasteiger partial charge in [0.25, 0.3) is 0 Å². The lowest BCUT2D eigenvalue weighted by Crippen LogP contribution is -2.43. The number of aliphatic hydroxyl groups is 2. The molecule has 2 saturated heterocycles. The van der Waals surface area contributed by atoms with Crippen LogP contribution >= 0.6 is 0 Å². The van der Waals surface area contributed by atoms with Crippen molar-refractivity contribution in [1.82, 2.24) is 15.0 Å². The molecule has 2 fully saturated rings. The van der Waals surface area contributed by atoms with Gasteiger partial charge in [-0.05, 0) is 69.6 Å². The predicted molar refractivity (Wildman–Crippen MR) is 127 cm³/mol. The molecule has 0 aromatic carbocycles. The van der Waals surface area contributed by atoms with Crippen LogP contribution in [0.2, 0.25) is 0 Å². The summed E-state index contributed by atoms with van der Waals surface area (Å²) in [6.07, 6.45) is 12.8. The van der Waals surface area contributed by atoms with Crippen LogP contribution in [0.1, 0.15) is 91.6 Å². The van der Waals surface area contributed by atoms with Gasteiger partial charge in [-0.1, -0.05) is 18.1 Å². The molecule has 0 spiro atoms. The first-order chi connectivity index (χ1) is 16.2. The summed E-state index contributed by atoms with van der Waals surface area (Å²) >= 11 is 0. The van der Waals surface area contributed by atoms with Crippen molar-refractivity contribution in [3.63, 3.8) is 0 Å². The van der Waals surface area contributed by atoms with E-state index < -0.39 is 23.4 Å². The Bertz CT molecular complexity index is 1170. The lowest BCUT2D eigenvalue weighted by Gasteiger charge is -2.41. The molecule has 0 amide bonds. The van der Waals surface area contributed by atoms with Crippen LogP contribution in [0.5, 0.6) is 0 Å². The number of fused-ring (bicyclic) bond motifs is 2. The van der Waals surface area contributed by atoms with Crippen molar-refractivity contribution in [1.29, 1.82) is 0 Å². The molecule has 3 N–H and O–H groups in total. The first-order valence-corrected chi connectivity index (χ1v) is 12.0. The summed E-state index contributed by atoms with van der Waals surface area (Å²) in [6.45, 7) is 3.73. The van der Waals surface area contributed by atoms with Crippen LogP contribution in [0.15, 0.2) is 24.4 Å². The van der Waals surface area contributed by atoms with Crippen LogP contribution in [0, 0.1) is 12.3 Å². The Labute approximate surface area is 199 Å². The second-order valence-electron chi connectivity index (χ2n) is 10.3. The number of rotatable bonds is 5. The van der Waals surface area contributed by atoms with Crippen molar-refractivity contribution < 1.29 is 19.7 Å². The number of allylic oxidation sites excluding steroid dienone is 2. The average molecular weight is 462 g/mol. The molecular formula is C27H31N3O4. The molecule has 5 rings (SSSR count). The summed E-state index contributed by atoms with van der Waals surface area (Å²) < 4.78 is 6.12. The van der Waals surface area contributed by atoms with Crippen LogP contribution in [-0.2, 0) is 11.2 Å². The highest BCUT2D eigenvalue weighted by Crippen LogP contribution is 2.53. The molecule has 2 aliphatic heterocycles. The molecule has 1 aliphatic carbocycles. The van der Waals surface area contributed by atoms with Crippen molar-refractivity contribution in [3.8, 4) is 12.3 Å². The van der Waals surface area contributed by atoms with Gasteiger partial charge in [0.1, 0.15) is 17.9 Å². The lowest BCUT2D eigenvalue weighted by atomic mass is 9.81. The van der Waals surface area contributed by atoms with Gasteiger partial charge >= 0.3 is 0 Å². The molecule has 3 aliphatic rings. The minimum Gasteiger partial charge on any atom is -0.387 e. The Morgan fingerprint density at radius 2 is 1.97 bits per heavy atom. The number of nitrogens with one attached hydrogen (secondary N) is 1. The van der Waals surface area contributed by atoms with Gasteiger partial charge in [-0.15, -0.1) is 6.42 Å². The Morgan fingerprint density at radius 1 is 1.24 bits per heavy atom. The van der Waals surface area contributed by atoms with E-state index in [0.717, 1.165) is 42.6 Å². The van der Waals surface area contributed by atoms with E-state index in [-0.39, 0.29) is 23.9 Å². The molecule has 0 radical (unpaired) electrons. The maximum atomic E-state index is 12.9. The first kappa shape index (κ1) is 23.0. The minimum atomic E-state index is -0.930. The third kappa shape index (κ3) is 3.90. The number of hydrogen-bond donors (Lipinski definition) is 3. The molecule has 1 unspecified atom stereocenters. The molecular weight excluding hydrogens is 430 g/mol. The quantitative estimate of drug-likeness (QED) is 0.466. The van der Waals surface area contributed by atoms with Crippen LogP contribution < -0.4 is 0 Å². The van der Waals surface area contributed by atoms with Gasteiger partial charge in [0, 0.05) is 18.0 Å². The monoisotopic (exact) mass is 461 g/mol. The molecule has 0 saturated carbocycles. The predicted octanol–water partition coefficient (Wildman–Crippen LogP) is 3.32. The van der Waals surface area contributed by atoms with E-state index in [2.05, 4.69) is 22.0 Å². The Morgan fingerprint density at radius 3 is 2.59 bits per heavy atom. The fourth-order valence-corrected chi connectivity index (χ4v) is 5.90. The van der Waals surface area contributed by atoms with Crippen molar-refractivity contribution in [2.24, 2.45) is 0 Å². The van der Waals surface area contributed by atoms with E-state index >= 15 is 0 Å². The molecule has 5 atom stereocenters. The summed E-state index contributed by atoms with van der Waals surface area (Å²) in [7, 11) is 0. The van der Waals surface area contributed by atoms with Gasteiger partial charge in [-0.25, -0.2) is 4.98 Å². The number of ether oxygens (including phenoxy) is 1. The third-order valence-electron chi connectivity index (χ3n) is 7.68. The van der Waals surface area contributed by atoms with Gasteiger partial charge in [0.05, 0.1) is 23.1 Å². The van der Waals surface area contributed by atoms with Gasteiger partial charge in [-0.2, -0.15) is 0 Å². The van der Waals surface area contributed by atoms with E-state index in [9.17, 15) is 15.0 Å². The van der Waals surface area contributed by atoms with Crippen LogP contribution in [0.25, 0.3) is 5.57 Å². The van der Waals surface area contributed by atoms with E-state index in [0.29, 0.717) is 18.5 Å². The zero-order valence-electron chi connectivity index (χ0n) is 19.7. The molecule has 2 aromatic rings. The number of H-pyrrole nitrogens is 1. The lowest BCUT2D eigenvalue weighted by molar-refractivity contribution is -0.153. The topological polar surface area (TPSA) is 108 Å². The maximum Gasteiger partial charge on any atom is 0.202 e. The molecule has 178 valence electrons. The number of aromatic nitrogens is 3.